The Bertz CT molecular complexity index is 620. The lowest BCUT2D eigenvalue weighted by Crippen LogP contribution is -2.26. The van der Waals surface area contributed by atoms with Crippen LogP contribution in [0.3, 0.4) is 0 Å². The van der Waals surface area contributed by atoms with Gasteiger partial charge in [0.2, 0.25) is 11.6 Å². The molecular weight excluding hydrogens is 338 g/mol. The van der Waals surface area contributed by atoms with Gasteiger partial charge < -0.3 is 9.47 Å². The predicted octanol–water partition coefficient (Wildman–Crippen LogP) is 6.17. The van der Waals surface area contributed by atoms with E-state index in [2.05, 4.69) is 6.92 Å². The average molecular weight is 366 g/mol. The summed E-state index contributed by atoms with van der Waals surface area (Å²) in [7, 11) is 0. The summed E-state index contributed by atoms with van der Waals surface area (Å²) in [6, 6.07) is 2.48. The third-order valence-corrected chi connectivity index (χ3v) is 4.95. The number of unbranched alkanes of at least 4 members (excludes halogenated alkanes) is 2. The lowest BCUT2D eigenvalue weighted by atomic mass is 9.80. The van der Waals surface area contributed by atoms with Gasteiger partial charge in [0.05, 0.1) is 12.2 Å². The molecule has 1 saturated carbocycles. The molecule has 5 heteroatoms. The van der Waals surface area contributed by atoms with Crippen molar-refractivity contribution in [3.63, 3.8) is 0 Å². The molecule has 0 bridgehead atoms. The zero-order chi connectivity index (χ0) is 18.9. The summed E-state index contributed by atoms with van der Waals surface area (Å²) in [5, 5.41) is 0. The van der Waals surface area contributed by atoms with Gasteiger partial charge >= 0.3 is 5.97 Å². The number of rotatable bonds is 8. The van der Waals surface area contributed by atoms with Crippen molar-refractivity contribution in [2.75, 3.05) is 0 Å². The molecule has 0 spiro atoms. The number of benzene rings is 1. The maximum atomic E-state index is 14.1. The van der Waals surface area contributed by atoms with Crippen LogP contribution >= 0.6 is 0 Å². The van der Waals surface area contributed by atoms with Gasteiger partial charge in [-0.2, -0.15) is 8.78 Å². The van der Waals surface area contributed by atoms with Gasteiger partial charge in [-0.15, -0.1) is 0 Å². The van der Waals surface area contributed by atoms with E-state index in [4.69, 9.17) is 9.47 Å². The normalized spacial score (nSPS) is 20.3. The standard InChI is InChI=1S/C21H28F2O3/c1-3-5-6-7-15-8-10-16(11-9-15)21(24)26-18-13-12-17(25-14-4-2)19(22)20(18)23/h4,12-16H,3,5-11H2,1-2H3/b14-4+. The zero-order valence-corrected chi connectivity index (χ0v) is 15.6. The largest absolute Gasteiger partial charge is 0.462 e. The fraction of sp³-hybridized carbons (Fsp3) is 0.571. The van der Waals surface area contributed by atoms with Crippen LogP contribution in [-0.4, -0.2) is 5.97 Å². The van der Waals surface area contributed by atoms with E-state index in [1.165, 1.54) is 44.1 Å². The molecule has 0 aliphatic heterocycles. The van der Waals surface area contributed by atoms with Gasteiger partial charge in [-0.3, -0.25) is 4.79 Å². The van der Waals surface area contributed by atoms with E-state index in [0.29, 0.717) is 5.92 Å². The van der Waals surface area contributed by atoms with E-state index in [1.807, 2.05) is 0 Å². The molecule has 0 heterocycles. The van der Waals surface area contributed by atoms with Crippen molar-refractivity contribution in [3.05, 3.63) is 36.1 Å². The minimum Gasteiger partial charge on any atom is -0.462 e. The van der Waals surface area contributed by atoms with Crippen LogP contribution in [0.2, 0.25) is 0 Å². The number of hydrogen-bond acceptors (Lipinski definition) is 3. The Morgan fingerprint density at radius 2 is 1.77 bits per heavy atom. The van der Waals surface area contributed by atoms with Crippen molar-refractivity contribution in [1.29, 1.82) is 0 Å². The molecule has 1 fully saturated rings. The van der Waals surface area contributed by atoms with Crippen LogP contribution in [0.4, 0.5) is 8.78 Å². The highest BCUT2D eigenvalue weighted by molar-refractivity contribution is 5.75. The Labute approximate surface area is 154 Å². The summed E-state index contributed by atoms with van der Waals surface area (Å²) < 4.78 is 38.1. The molecule has 0 atom stereocenters. The van der Waals surface area contributed by atoms with E-state index in [-0.39, 0.29) is 17.4 Å². The van der Waals surface area contributed by atoms with E-state index in [0.717, 1.165) is 25.7 Å². The molecule has 0 unspecified atom stereocenters. The molecule has 0 amide bonds. The number of carbonyl (C=O) groups is 1. The first-order valence-electron chi connectivity index (χ1n) is 9.54. The summed E-state index contributed by atoms with van der Waals surface area (Å²) >= 11 is 0. The van der Waals surface area contributed by atoms with Crippen LogP contribution in [-0.2, 0) is 4.79 Å². The number of carbonyl (C=O) groups excluding carboxylic acids is 1. The molecule has 0 aromatic heterocycles. The first-order chi connectivity index (χ1) is 12.6. The third-order valence-electron chi connectivity index (χ3n) is 4.95. The Kier molecular flexibility index (Phi) is 8.07. The predicted molar refractivity (Wildman–Crippen MR) is 97.0 cm³/mol. The Hall–Kier alpha value is -1.91. The van der Waals surface area contributed by atoms with Gasteiger partial charge in [-0.25, -0.2) is 0 Å². The summed E-state index contributed by atoms with van der Waals surface area (Å²) in [6.07, 6.45) is 11.2. The quantitative estimate of drug-likeness (QED) is 0.239. The highest BCUT2D eigenvalue weighted by Gasteiger charge is 2.28. The van der Waals surface area contributed by atoms with Crippen LogP contribution in [0.15, 0.2) is 24.5 Å². The van der Waals surface area contributed by atoms with Crippen molar-refractivity contribution >= 4 is 5.97 Å². The minimum absolute atomic E-state index is 0.237. The SMILES string of the molecule is C/C=C/Oc1ccc(OC(=O)C2CCC(CCCCC)CC2)c(F)c1F. The van der Waals surface area contributed by atoms with E-state index >= 15 is 0 Å². The second-order valence-corrected chi connectivity index (χ2v) is 6.91. The molecule has 0 N–H and O–H groups in total. The van der Waals surface area contributed by atoms with Crippen LogP contribution in [0.5, 0.6) is 11.5 Å². The summed E-state index contributed by atoms with van der Waals surface area (Å²) in [4.78, 5) is 12.3. The molecule has 144 valence electrons. The molecule has 1 aliphatic carbocycles. The first-order valence-corrected chi connectivity index (χ1v) is 9.54. The number of hydrogen-bond donors (Lipinski definition) is 0. The second kappa shape index (κ2) is 10.3. The van der Waals surface area contributed by atoms with Crippen LogP contribution in [0, 0.1) is 23.5 Å². The molecule has 26 heavy (non-hydrogen) atoms. The van der Waals surface area contributed by atoms with Gasteiger partial charge in [0.1, 0.15) is 0 Å². The van der Waals surface area contributed by atoms with E-state index < -0.39 is 17.6 Å². The van der Waals surface area contributed by atoms with Gasteiger partial charge in [0, 0.05) is 0 Å². The molecular formula is C21H28F2O3. The Morgan fingerprint density at radius 1 is 1.12 bits per heavy atom. The van der Waals surface area contributed by atoms with Gasteiger partial charge in [-0.05, 0) is 50.7 Å². The Balaban J connectivity index is 1.89. The van der Waals surface area contributed by atoms with Gasteiger partial charge in [0.25, 0.3) is 0 Å². The van der Waals surface area contributed by atoms with Crippen molar-refractivity contribution < 1.29 is 23.0 Å². The zero-order valence-electron chi connectivity index (χ0n) is 15.6. The number of esters is 1. The molecule has 1 aromatic rings. The maximum Gasteiger partial charge on any atom is 0.314 e. The molecule has 2 rings (SSSR count). The maximum absolute atomic E-state index is 14.1. The minimum atomic E-state index is -1.20. The van der Waals surface area contributed by atoms with E-state index in [9.17, 15) is 13.6 Å². The van der Waals surface area contributed by atoms with Crippen molar-refractivity contribution in [2.45, 2.75) is 65.2 Å². The van der Waals surface area contributed by atoms with Crippen LogP contribution in [0.25, 0.3) is 0 Å². The molecule has 3 nitrogen and oxygen atoms in total. The van der Waals surface area contributed by atoms with Gasteiger partial charge in [-0.1, -0.05) is 38.7 Å². The number of halogens is 2. The molecule has 1 aromatic carbocycles. The smallest absolute Gasteiger partial charge is 0.314 e. The van der Waals surface area contributed by atoms with Crippen molar-refractivity contribution in [3.8, 4) is 11.5 Å². The summed E-state index contributed by atoms with van der Waals surface area (Å²) in [5.41, 5.74) is 0. The third kappa shape index (κ3) is 5.55. The topological polar surface area (TPSA) is 35.5 Å². The first kappa shape index (κ1) is 20.4. The number of ether oxygens (including phenoxy) is 2. The Morgan fingerprint density at radius 3 is 2.42 bits per heavy atom. The van der Waals surface area contributed by atoms with Crippen molar-refractivity contribution in [2.24, 2.45) is 11.8 Å². The van der Waals surface area contributed by atoms with Gasteiger partial charge in [0.15, 0.2) is 11.5 Å². The van der Waals surface area contributed by atoms with Crippen LogP contribution < -0.4 is 9.47 Å². The fourth-order valence-electron chi connectivity index (χ4n) is 3.39. The second-order valence-electron chi connectivity index (χ2n) is 6.91. The highest BCUT2D eigenvalue weighted by Crippen LogP contribution is 2.34. The average Bonchev–Trinajstić information content (AvgIpc) is 2.65. The van der Waals surface area contributed by atoms with Crippen molar-refractivity contribution in [1.82, 2.24) is 0 Å². The van der Waals surface area contributed by atoms with E-state index in [1.54, 1.807) is 13.0 Å². The molecule has 1 aliphatic rings. The highest BCUT2D eigenvalue weighted by atomic mass is 19.2. The summed E-state index contributed by atoms with van der Waals surface area (Å²) in [6.45, 7) is 3.89. The van der Waals surface area contributed by atoms with Crippen LogP contribution in [0.1, 0.15) is 65.2 Å². The fourth-order valence-corrected chi connectivity index (χ4v) is 3.39. The lowest BCUT2D eigenvalue weighted by molar-refractivity contribution is -0.140. The molecule has 0 radical (unpaired) electrons. The lowest BCUT2D eigenvalue weighted by Gasteiger charge is -2.27. The number of allylic oxidation sites excluding steroid dienone is 1. The molecule has 0 saturated heterocycles. The monoisotopic (exact) mass is 366 g/mol. The summed E-state index contributed by atoms with van der Waals surface area (Å²) in [5.74, 6) is -3.03.